The average molecular weight is 221 g/mol. The van der Waals surface area contributed by atoms with Crippen LogP contribution in [0.4, 0.5) is 5.69 Å². The van der Waals surface area contributed by atoms with Gasteiger partial charge in [0.15, 0.2) is 0 Å². The molecule has 0 spiro atoms. The maximum atomic E-state index is 5.74. The van der Waals surface area contributed by atoms with Gasteiger partial charge in [0.05, 0.1) is 7.11 Å². The highest BCUT2D eigenvalue weighted by Gasteiger charge is 2.15. The molecule has 0 bridgehead atoms. The minimum Gasteiger partial charge on any atom is -0.497 e. The van der Waals surface area contributed by atoms with Crippen LogP contribution in [0.1, 0.15) is 5.56 Å². The fourth-order valence-corrected chi connectivity index (χ4v) is 2.01. The Hall–Kier alpha value is -1.26. The molecule has 1 fully saturated rings. The van der Waals surface area contributed by atoms with Crippen molar-refractivity contribution in [2.45, 2.75) is 6.92 Å². The number of rotatable bonds is 2. The molecule has 1 heterocycles. The Labute approximate surface area is 96.6 Å². The molecule has 0 atom stereocenters. The number of nitrogens with zero attached hydrogens (tertiary/aromatic N) is 2. The molecule has 0 aliphatic carbocycles. The van der Waals surface area contributed by atoms with E-state index in [-0.39, 0.29) is 0 Å². The molecule has 16 heavy (non-hydrogen) atoms. The smallest absolute Gasteiger partial charge is 0.121 e. The van der Waals surface area contributed by atoms with E-state index in [9.17, 15) is 0 Å². The Bertz CT molecular complexity index is 359. The first-order valence-electron chi connectivity index (χ1n) is 5.59. The fraction of sp³-hybridized carbons (Fsp3) is 0.500. The molecule has 88 valence electrons. The predicted octanol–water partition coefficient (Wildman–Crippen LogP) is 0.999. The SMILES string of the molecule is COc1cc(C)cc(N2CCN(N)CC2)c1. The van der Waals surface area contributed by atoms with E-state index in [1.807, 2.05) is 11.1 Å². The maximum absolute atomic E-state index is 5.74. The van der Waals surface area contributed by atoms with Crippen LogP contribution in [-0.2, 0) is 0 Å². The zero-order valence-corrected chi connectivity index (χ0v) is 9.94. The summed E-state index contributed by atoms with van der Waals surface area (Å²) in [6.45, 7) is 5.87. The number of ether oxygens (including phenoxy) is 1. The highest BCUT2D eigenvalue weighted by molar-refractivity contribution is 5.53. The highest BCUT2D eigenvalue weighted by Crippen LogP contribution is 2.24. The summed E-state index contributed by atoms with van der Waals surface area (Å²) in [5.41, 5.74) is 2.45. The lowest BCUT2D eigenvalue weighted by molar-refractivity contribution is 0.266. The molecule has 1 aliphatic rings. The molecule has 0 saturated carbocycles. The number of hydrazine groups is 1. The van der Waals surface area contributed by atoms with Crippen molar-refractivity contribution in [3.8, 4) is 5.75 Å². The van der Waals surface area contributed by atoms with Crippen LogP contribution >= 0.6 is 0 Å². The van der Waals surface area contributed by atoms with Crippen LogP contribution in [0, 0.1) is 6.92 Å². The molecule has 0 unspecified atom stereocenters. The second kappa shape index (κ2) is 4.72. The molecular formula is C12H19N3O. The standard InChI is InChI=1S/C12H19N3O/c1-10-7-11(9-12(8-10)16-2)14-3-5-15(13)6-4-14/h7-9H,3-6,13H2,1-2H3. The van der Waals surface area contributed by atoms with Crippen molar-refractivity contribution >= 4 is 5.69 Å². The van der Waals surface area contributed by atoms with E-state index in [0.717, 1.165) is 31.9 Å². The van der Waals surface area contributed by atoms with Gasteiger partial charge in [0, 0.05) is 37.9 Å². The first kappa shape index (κ1) is 11.2. The van der Waals surface area contributed by atoms with E-state index < -0.39 is 0 Å². The molecule has 2 N–H and O–H groups in total. The number of methoxy groups -OCH3 is 1. The Kier molecular flexibility index (Phi) is 3.31. The molecule has 4 nitrogen and oxygen atoms in total. The minimum atomic E-state index is 0.913. The van der Waals surface area contributed by atoms with Gasteiger partial charge < -0.3 is 9.64 Å². The number of benzene rings is 1. The lowest BCUT2D eigenvalue weighted by Crippen LogP contribution is -2.49. The Morgan fingerprint density at radius 1 is 1.12 bits per heavy atom. The summed E-state index contributed by atoms with van der Waals surface area (Å²) in [5.74, 6) is 6.66. The van der Waals surface area contributed by atoms with E-state index in [1.54, 1.807) is 7.11 Å². The number of nitrogens with two attached hydrogens (primary N) is 1. The van der Waals surface area contributed by atoms with Gasteiger partial charge in [0.2, 0.25) is 0 Å². The van der Waals surface area contributed by atoms with Gasteiger partial charge in [-0.05, 0) is 24.6 Å². The number of hydrogen-bond acceptors (Lipinski definition) is 4. The largest absolute Gasteiger partial charge is 0.497 e. The second-order valence-corrected chi connectivity index (χ2v) is 4.23. The summed E-state index contributed by atoms with van der Waals surface area (Å²) in [7, 11) is 1.70. The highest BCUT2D eigenvalue weighted by atomic mass is 16.5. The zero-order chi connectivity index (χ0) is 11.5. The average Bonchev–Trinajstić information content (AvgIpc) is 2.29. The van der Waals surface area contributed by atoms with Crippen LogP contribution in [0.2, 0.25) is 0 Å². The van der Waals surface area contributed by atoms with Gasteiger partial charge >= 0.3 is 0 Å². The van der Waals surface area contributed by atoms with Crippen molar-refractivity contribution in [1.29, 1.82) is 0 Å². The summed E-state index contributed by atoms with van der Waals surface area (Å²) in [6.07, 6.45) is 0. The lowest BCUT2D eigenvalue weighted by Gasteiger charge is -2.33. The third-order valence-electron chi connectivity index (χ3n) is 2.95. The summed E-state index contributed by atoms with van der Waals surface area (Å²) < 4.78 is 5.29. The molecule has 2 rings (SSSR count). The lowest BCUT2D eigenvalue weighted by atomic mass is 10.2. The molecule has 0 radical (unpaired) electrons. The molecule has 1 aliphatic heterocycles. The van der Waals surface area contributed by atoms with Gasteiger partial charge in [-0.25, -0.2) is 5.01 Å². The number of piperazine rings is 1. The summed E-state index contributed by atoms with van der Waals surface area (Å²) in [4.78, 5) is 2.35. The topological polar surface area (TPSA) is 41.7 Å². The van der Waals surface area contributed by atoms with Gasteiger partial charge in [-0.1, -0.05) is 0 Å². The number of anilines is 1. The first-order chi connectivity index (χ1) is 7.69. The molecular weight excluding hydrogens is 202 g/mol. The van der Waals surface area contributed by atoms with Crippen LogP contribution in [0.25, 0.3) is 0 Å². The minimum absolute atomic E-state index is 0.913. The van der Waals surface area contributed by atoms with Gasteiger partial charge in [-0.15, -0.1) is 0 Å². The van der Waals surface area contributed by atoms with Crippen LogP contribution < -0.4 is 15.5 Å². The second-order valence-electron chi connectivity index (χ2n) is 4.23. The van der Waals surface area contributed by atoms with Crippen molar-refractivity contribution in [3.05, 3.63) is 23.8 Å². The van der Waals surface area contributed by atoms with E-state index in [2.05, 4.69) is 24.0 Å². The first-order valence-corrected chi connectivity index (χ1v) is 5.59. The zero-order valence-electron chi connectivity index (χ0n) is 9.94. The molecule has 0 amide bonds. The molecule has 4 heteroatoms. The molecule has 0 aromatic heterocycles. The molecule has 1 saturated heterocycles. The van der Waals surface area contributed by atoms with Crippen LogP contribution in [-0.4, -0.2) is 38.3 Å². The number of aryl methyl sites for hydroxylation is 1. The summed E-state index contributed by atoms with van der Waals surface area (Å²) in [5, 5.41) is 1.86. The van der Waals surface area contributed by atoms with E-state index in [0.29, 0.717) is 0 Å². The van der Waals surface area contributed by atoms with Crippen LogP contribution in [0.3, 0.4) is 0 Å². The third-order valence-corrected chi connectivity index (χ3v) is 2.95. The molecule has 1 aromatic carbocycles. The maximum Gasteiger partial charge on any atom is 0.121 e. The quantitative estimate of drug-likeness (QED) is 0.756. The van der Waals surface area contributed by atoms with Crippen molar-refractivity contribution in [2.75, 3.05) is 38.2 Å². The summed E-state index contributed by atoms with van der Waals surface area (Å²) >= 11 is 0. The van der Waals surface area contributed by atoms with Crippen LogP contribution in [0.5, 0.6) is 5.75 Å². The van der Waals surface area contributed by atoms with E-state index >= 15 is 0 Å². The van der Waals surface area contributed by atoms with Crippen molar-refractivity contribution in [1.82, 2.24) is 5.01 Å². The third kappa shape index (κ3) is 2.46. The van der Waals surface area contributed by atoms with Crippen molar-refractivity contribution < 1.29 is 4.74 Å². The van der Waals surface area contributed by atoms with Crippen LogP contribution in [0.15, 0.2) is 18.2 Å². The Balaban J connectivity index is 2.16. The van der Waals surface area contributed by atoms with Crippen molar-refractivity contribution in [2.24, 2.45) is 5.84 Å². The Morgan fingerprint density at radius 2 is 1.81 bits per heavy atom. The monoisotopic (exact) mass is 221 g/mol. The fourth-order valence-electron chi connectivity index (χ4n) is 2.01. The van der Waals surface area contributed by atoms with E-state index in [1.165, 1.54) is 11.3 Å². The summed E-state index contributed by atoms with van der Waals surface area (Å²) in [6, 6.07) is 6.32. The normalized spacial score (nSPS) is 17.6. The number of hydrogen-bond donors (Lipinski definition) is 1. The van der Waals surface area contributed by atoms with Gasteiger partial charge in [-0.3, -0.25) is 5.84 Å². The molecule has 1 aromatic rings. The van der Waals surface area contributed by atoms with Gasteiger partial charge in [0.25, 0.3) is 0 Å². The van der Waals surface area contributed by atoms with Gasteiger partial charge in [-0.2, -0.15) is 0 Å². The van der Waals surface area contributed by atoms with E-state index in [4.69, 9.17) is 10.6 Å². The predicted molar refractivity (Wildman–Crippen MR) is 65.7 cm³/mol. The Morgan fingerprint density at radius 3 is 2.44 bits per heavy atom. The van der Waals surface area contributed by atoms with Gasteiger partial charge in [0.1, 0.15) is 5.75 Å². The van der Waals surface area contributed by atoms with Crippen molar-refractivity contribution in [3.63, 3.8) is 0 Å².